The first-order chi connectivity index (χ1) is 8.77. The van der Waals surface area contributed by atoms with E-state index < -0.39 is 0 Å². The third-order valence-corrected chi connectivity index (χ3v) is 3.71. The van der Waals surface area contributed by atoms with Gasteiger partial charge >= 0.3 is 0 Å². The molecule has 0 aromatic rings. The molecule has 0 aromatic heterocycles. The number of nitrogens with zero attached hydrogens (tertiary/aromatic N) is 1. The zero-order chi connectivity index (χ0) is 13.5. The van der Waals surface area contributed by atoms with Gasteiger partial charge in [0, 0.05) is 0 Å². The van der Waals surface area contributed by atoms with Crippen molar-refractivity contribution in [2.45, 2.75) is 90.4 Å². The molecular formula is C17H40BN. The van der Waals surface area contributed by atoms with Crippen LogP contribution in [0.15, 0.2) is 0 Å². The molecule has 0 aromatic carbocycles. The monoisotopic (exact) mass is 269 g/mol. The molecule has 0 fully saturated rings. The molecule has 1 nitrogen and oxygen atoms in total. The van der Waals surface area contributed by atoms with E-state index in [4.69, 9.17) is 0 Å². The van der Waals surface area contributed by atoms with E-state index in [2.05, 4.69) is 25.9 Å². The van der Waals surface area contributed by atoms with Gasteiger partial charge in [0.15, 0.2) is 0 Å². The minimum absolute atomic E-state index is 0. The van der Waals surface area contributed by atoms with Gasteiger partial charge in [0.2, 0.25) is 0 Å². The Morgan fingerprint density at radius 1 is 0.526 bits per heavy atom. The van der Waals surface area contributed by atoms with Crippen LogP contribution in [0, 0.1) is 0 Å². The molecule has 0 radical (unpaired) electrons. The zero-order valence-corrected chi connectivity index (χ0v) is 13.3. The number of hydrogen-bond donors (Lipinski definition) is 0. The van der Waals surface area contributed by atoms with Crippen LogP contribution in [0.25, 0.3) is 0 Å². The molecule has 0 spiro atoms. The zero-order valence-electron chi connectivity index (χ0n) is 13.3. The molecule has 0 rings (SSSR count). The van der Waals surface area contributed by atoms with Crippen molar-refractivity contribution < 1.29 is 0 Å². The maximum Gasteiger partial charge on any atom is 0.0814 e. The highest BCUT2D eigenvalue weighted by molar-refractivity contribution is 5.75. The van der Waals surface area contributed by atoms with E-state index in [0.717, 1.165) is 0 Å². The first kappa shape index (κ1) is 21.3. The van der Waals surface area contributed by atoms with Gasteiger partial charge < -0.3 is 4.90 Å². The van der Waals surface area contributed by atoms with Gasteiger partial charge in [0.1, 0.15) is 0 Å². The standard InChI is InChI=1S/C17H37N.BH3/c1-4-5-6-7-8-9-10-11-12-13-14-15-16-17-18(2)3;/h4-17H2,1-3H3;1H3. The van der Waals surface area contributed by atoms with Gasteiger partial charge in [0.05, 0.1) is 8.41 Å². The topological polar surface area (TPSA) is 3.24 Å². The molecule has 0 atom stereocenters. The van der Waals surface area contributed by atoms with Crippen LogP contribution < -0.4 is 0 Å². The SMILES string of the molecule is B.CCCCCCCCCCCCCCCN(C)C. The molecule has 0 amide bonds. The lowest BCUT2D eigenvalue weighted by Gasteiger charge is -2.08. The van der Waals surface area contributed by atoms with Gasteiger partial charge in [-0.1, -0.05) is 84.0 Å². The summed E-state index contributed by atoms with van der Waals surface area (Å²) in [6.07, 6.45) is 18.8. The summed E-state index contributed by atoms with van der Waals surface area (Å²) in [5, 5.41) is 0. The maximum atomic E-state index is 2.29. The van der Waals surface area contributed by atoms with E-state index in [-0.39, 0.29) is 8.41 Å². The Morgan fingerprint density at radius 2 is 0.842 bits per heavy atom. The second-order valence-electron chi connectivity index (χ2n) is 6.05. The Hall–Kier alpha value is 0.0249. The quantitative estimate of drug-likeness (QED) is 0.332. The highest BCUT2D eigenvalue weighted by atomic mass is 15.0. The van der Waals surface area contributed by atoms with E-state index in [9.17, 15) is 0 Å². The Kier molecular flexibility index (Phi) is 20.2. The third kappa shape index (κ3) is 20.5. The lowest BCUT2D eigenvalue weighted by Crippen LogP contribution is -2.12. The second-order valence-corrected chi connectivity index (χ2v) is 6.05. The fourth-order valence-electron chi connectivity index (χ4n) is 2.45. The van der Waals surface area contributed by atoms with Crippen LogP contribution in [-0.4, -0.2) is 34.0 Å². The molecule has 0 bridgehead atoms. The largest absolute Gasteiger partial charge is 0.309 e. The number of unbranched alkanes of at least 4 members (excludes halogenated alkanes) is 12. The minimum Gasteiger partial charge on any atom is -0.309 e. The van der Waals surface area contributed by atoms with Crippen molar-refractivity contribution in [2.24, 2.45) is 0 Å². The van der Waals surface area contributed by atoms with Crippen LogP contribution >= 0.6 is 0 Å². The summed E-state index contributed by atoms with van der Waals surface area (Å²) in [4.78, 5) is 2.29. The molecule has 2 heteroatoms. The normalized spacial score (nSPS) is 10.7. The summed E-state index contributed by atoms with van der Waals surface area (Å²) in [6.45, 7) is 3.55. The molecule has 0 aliphatic rings. The maximum absolute atomic E-state index is 2.29. The number of hydrogen-bond acceptors (Lipinski definition) is 1. The smallest absolute Gasteiger partial charge is 0.0814 e. The number of rotatable bonds is 14. The molecule has 0 saturated carbocycles. The van der Waals surface area contributed by atoms with Gasteiger partial charge in [-0.15, -0.1) is 0 Å². The van der Waals surface area contributed by atoms with Gasteiger partial charge in [-0.2, -0.15) is 0 Å². The van der Waals surface area contributed by atoms with Crippen molar-refractivity contribution in [3.63, 3.8) is 0 Å². The van der Waals surface area contributed by atoms with Gasteiger partial charge in [-0.3, -0.25) is 0 Å². The molecule has 19 heavy (non-hydrogen) atoms. The lowest BCUT2D eigenvalue weighted by molar-refractivity contribution is 0.389. The molecule has 0 aliphatic heterocycles. The Bertz CT molecular complexity index is 148. The summed E-state index contributed by atoms with van der Waals surface area (Å²) in [5.41, 5.74) is 0. The van der Waals surface area contributed by atoms with Gasteiger partial charge in [-0.05, 0) is 27.1 Å². The molecular weight excluding hydrogens is 229 g/mol. The van der Waals surface area contributed by atoms with Crippen LogP contribution in [-0.2, 0) is 0 Å². The Labute approximate surface area is 125 Å². The third-order valence-electron chi connectivity index (χ3n) is 3.71. The van der Waals surface area contributed by atoms with Crippen LogP contribution in [0.1, 0.15) is 90.4 Å². The van der Waals surface area contributed by atoms with Crippen molar-refractivity contribution >= 4 is 8.41 Å². The van der Waals surface area contributed by atoms with Crippen LogP contribution in [0.3, 0.4) is 0 Å². The van der Waals surface area contributed by atoms with Crippen molar-refractivity contribution in [1.82, 2.24) is 4.90 Å². The predicted octanol–water partition coefficient (Wildman–Crippen LogP) is 4.46. The van der Waals surface area contributed by atoms with E-state index in [1.165, 1.54) is 90.0 Å². The van der Waals surface area contributed by atoms with E-state index >= 15 is 0 Å². The first-order valence-corrected chi connectivity index (χ1v) is 8.42. The lowest BCUT2D eigenvalue weighted by atomic mass is 10.0. The van der Waals surface area contributed by atoms with E-state index in [0.29, 0.717) is 0 Å². The molecule has 0 unspecified atom stereocenters. The van der Waals surface area contributed by atoms with Crippen molar-refractivity contribution in [1.29, 1.82) is 0 Å². The second kappa shape index (κ2) is 18.0. The average molecular weight is 269 g/mol. The Balaban J connectivity index is 0. The average Bonchev–Trinajstić information content (AvgIpc) is 2.34. The summed E-state index contributed by atoms with van der Waals surface area (Å²) >= 11 is 0. The van der Waals surface area contributed by atoms with Gasteiger partial charge in [0.25, 0.3) is 0 Å². The van der Waals surface area contributed by atoms with Crippen LogP contribution in [0.5, 0.6) is 0 Å². The van der Waals surface area contributed by atoms with Crippen LogP contribution in [0.2, 0.25) is 0 Å². The molecule has 0 N–H and O–H groups in total. The summed E-state index contributed by atoms with van der Waals surface area (Å²) < 4.78 is 0. The van der Waals surface area contributed by atoms with Crippen LogP contribution in [0.4, 0.5) is 0 Å². The highest BCUT2D eigenvalue weighted by Gasteiger charge is 1.94. The van der Waals surface area contributed by atoms with E-state index in [1.54, 1.807) is 0 Å². The highest BCUT2D eigenvalue weighted by Crippen LogP contribution is 2.12. The Morgan fingerprint density at radius 3 is 1.16 bits per heavy atom. The van der Waals surface area contributed by atoms with Crippen molar-refractivity contribution in [3.8, 4) is 0 Å². The van der Waals surface area contributed by atoms with Crippen molar-refractivity contribution in [2.75, 3.05) is 20.6 Å². The molecule has 0 aliphatic carbocycles. The van der Waals surface area contributed by atoms with E-state index in [1.807, 2.05) is 0 Å². The molecule has 0 heterocycles. The van der Waals surface area contributed by atoms with Gasteiger partial charge in [-0.25, -0.2) is 0 Å². The molecule has 0 saturated heterocycles. The fourth-order valence-corrected chi connectivity index (χ4v) is 2.45. The van der Waals surface area contributed by atoms with Crippen molar-refractivity contribution in [3.05, 3.63) is 0 Å². The predicted molar refractivity (Wildman–Crippen MR) is 94.2 cm³/mol. The summed E-state index contributed by atoms with van der Waals surface area (Å²) in [5.74, 6) is 0. The first-order valence-electron chi connectivity index (χ1n) is 8.42. The minimum atomic E-state index is 0. The fraction of sp³-hybridized carbons (Fsp3) is 1.00. The summed E-state index contributed by atoms with van der Waals surface area (Å²) in [6, 6.07) is 0. The summed E-state index contributed by atoms with van der Waals surface area (Å²) in [7, 11) is 4.33. The molecule has 116 valence electrons.